The highest BCUT2D eigenvalue weighted by Crippen LogP contribution is 1.96. The Morgan fingerprint density at radius 2 is 2.00 bits per heavy atom. The highest BCUT2D eigenvalue weighted by molar-refractivity contribution is 5.75. The predicted octanol–water partition coefficient (Wildman–Crippen LogP) is -0.475. The number of carboxylic acids is 1. The molecule has 0 fully saturated rings. The van der Waals surface area contributed by atoms with E-state index < -0.39 is 5.97 Å². The van der Waals surface area contributed by atoms with Crippen molar-refractivity contribution in [1.29, 1.82) is 0 Å². The topological polar surface area (TPSA) is 50.2 Å². The highest BCUT2D eigenvalue weighted by atomic mass is 16.4. The first-order valence-corrected chi connectivity index (χ1v) is 2.90. The molecule has 1 N–H and O–H groups in total. The van der Waals surface area contributed by atoms with E-state index >= 15 is 0 Å². The fourth-order valence-electron chi connectivity index (χ4n) is 0.675. The number of carboxylic acid groups (broad SMARTS) is 1. The minimum Gasteiger partial charge on any atom is -0.481 e. The Morgan fingerprint density at radius 3 is 2.45 bits per heavy atom. The summed E-state index contributed by atoms with van der Waals surface area (Å²) in [6, 6.07) is 3.38. The molecule has 0 unspecified atom stereocenters. The lowest BCUT2D eigenvalue weighted by Gasteiger charge is -1.92. The van der Waals surface area contributed by atoms with Gasteiger partial charge in [0.15, 0.2) is 0 Å². The van der Waals surface area contributed by atoms with Crippen LogP contribution in [0, 0.1) is 0 Å². The molecule has 11 heavy (non-hydrogen) atoms. The second-order valence-corrected chi connectivity index (χ2v) is 1.93. The minimum atomic E-state index is -0.814. The SMILES string of the molecule is B.O=C(O)Cc1ccncc1. The molecule has 1 aromatic rings. The van der Waals surface area contributed by atoms with Gasteiger partial charge in [-0.15, -0.1) is 0 Å². The maximum atomic E-state index is 10.1. The first kappa shape index (κ1) is 9.68. The van der Waals surface area contributed by atoms with Gasteiger partial charge in [0.25, 0.3) is 0 Å². The maximum Gasteiger partial charge on any atom is 0.307 e. The standard InChI is InChI=1S/C7H7NO2.BH3/c9-7(10)5-6-1-3-8-4-2-6;/h1-4H,5H2,(H,9,10);1H3. The molecule has 1 aromatic heterocycles. The first-order chi connectivity index (χ1) is 4.79. The van der Waals surface area contributed by atoms with E-state index in [0.29, 0.717) is 0 Å². The van der Waals surface area contributed by atoms with Gasteiger partial charge in [0.2, 0.25) is 0 Å². The minimum absolute atomic E-state index is 0. The monoisotopic (exact) mass is 151 g/mol. The number of hydrogen-bond acceptors (Lipinski definition) is 2. The van der Waals surface area contributed by atoms with Crippen LogP contribution in [0.2, 0.25) is 0 Å². The Hall–Kier alpha value is -1.32. The third-order valence-corrected chi connectivity index (χ3v) is 1.10. The van der Waals surface area contributed by atoms with E-state index in [0.717, 1.165) is 5.56 Å². The highest BCUT2D eigenvalue weighted by Gasteiger charge is 1.96. The number of nitrogens with zero attached hydrogens (tertiary/aromatic N) is 1. The molecule has 4 heteroatoms. The summed E-state index contributed by atoms with van der Waals surface area (Å²) >= 11 is 0. The molecular formula is C7H10BNO2. The number of carbonyl (C=O) groups is 1. The molecule has 0 aliphatic carbocycles. The van der Waals surface area contributed by atoms with E-state index in [9.17, 15) is 4.79 Å². The zero-order chi connectivity index (χ0) is 7.40. The van der Waals surface area contributed by atoms with Crippen molar-refractivity contribution in [2.24, 2.45) is 0 Å². The largest absolute Gasteiger partial charge is 0.481 e. The van der Waals surface area contributed by atoms with Crippen LogP contribution >= 0.6 is 0 Å². The Bertz CT molecular complexity index is 225. The van der Waals surface area contributed by atoms with E-state index in [2.05, 4.69) is 4.98 Å². The second-order valence-electron chi connectivity index (χ2n) is 1.93. The molecule has 0 saturated carbocycles. The molecule has 0 saturated heterocycles. The van der Waals surface area contributed by atoms with Crippen LogP contribution in [0.15, 0.2) is 24.5 Å². The lowest BCUT2D eigenvalue weighted by Crippen LogP contribution is -1.99. The van der Waals surface area contributed by atoms with E-state index in [4.69, 9.17) is 5.11 Å². The van der Waals surface area contributed by atoms with Gasteiger partial charge in [-0.1, -0.05) is 0 Å². The van der Waals surface area contributed by atoms with Gasteiger partial charge in [-0.2, -0.15) is 0 Å². The molecule has 0 bridgehead atoms. The normalized spacial score (nSPS) is 8.36. The first-order valence-electron chi connectivity index (χ1n) is 2.90. The summed E-state index contributed by atoms with van der Waals surface area (Å²) < 4.78 is 0. The average molecular weight is 151 g/mol. The van der Waals surface area contributed by atoms with Crippen LogP contribution < -0.4 is 0 Å². The third kappa shape index (κ3) is 3.40. The van der Waals surface area contributed by atoms with Crippen LogP contribution in [0.25, 0.3) is 0 Å². The fraction of sp³-hybridized carbons (Fsp3) is 0.143. The molecule has 0 amide bonds. The molecule has 0 spiro atoms. The quantitative estimate of drug-likeness (QED) is 0.581. The molecule has 0 atom stereocenters. The van der Waals surface area contributed by atoms with Crippen molar-refractivity contribution < 1.29 is 9.90 Å². The summed E-state index contributed by atoms with van der Waals surface area (Å²) in [4.78, 5) is 13.9. The Kier molecular flexibility index (Phi) is 3.96. The van der Waals surface area contributed by atoms with Gasteiger partial charge < -0.3 is 5.11 Å². The van der Waals surface area contributed by atoms with E-state index in [1.807, 2.05) is 0 Å². The number of aliphatic carboxylic acids is 1. The van der Waals surface area contributed by atoms with Crippen molar-refractivity contribution in [3.05, 3.63) is 30.1 Å². The Balaban J connectivity index is 0.000001000. The molecule has 0 aromatic carbocycles. The fourth-order valence-corrected chi connectivity index (χ4v) is 0.675. The van der Waals surface area contributed by atoms with Gasteiger partial charge in [0.1, 0.15) is 0 Å². The van der Waals surface area contributed by atoms with Gasteiger partial charge in [-0.25, -0.2) is 0 Å². The van der Waals surface area contributed by atoms with Crippen LogP contribution in [-0.2, 0) is 11.2 Å². The Labute approximate surface area is 66.7 Å². The zero-order valence-electron chi connectivity index (χ0n) is 5.32. The van der Waals surface area contributed by atoms with E-state index in [1.54, 1.807) is 24.5 Å². The van der Waals surface area contributed by atoms with Crippen LogP contribution in [0.4, 0.5) is 0 Å². The second kappa shape index (κ2) is 4.49. The van der Waals surface area contributed by atoms with Gasteiger partial charge in [-0.05, 0) is 17.7 Å². The molecule has 0 aliphatic rings. The Morgan fingerprint density at radius 1 is 1.45 bits per heavy atom. The number of rotatable bonds is 2. The van der Waals surface area contributed by atoms with Crippen molar-refractivity contribution in [2.45, 2.75) is 6.42 Å². The number of hydrogen-bond donors (Lipinski definition) is 1. The van der Waals surface area contributed by atoms with Crippen LogP contribution in [0.3, 0.4) is 0 Å². The van der Waals surface area contributed by atoms with Crippen molar-refractivity contribution >= 4 is 14.4 Å². The van der Waals surface area contributed by atoms with Crippen molar-refractivity contribution in [2.75, 3.05) is 0 Å². The smallest absolute Gasteiger partial charge is 0.307 e. The zero-order valence-corrected chi connectivity index (χ0v) is 5.32. The summed E-state index contributed by atoms with van der Waals surface area (Å²) in [5, 5.41) is 8.35. The summed E-state index contributed by atoms with van der Waals surface area (Å²) in [7, 11) is 0. The van der Waals surface area contributed by atoms with Crippen molar-refractivity contribution in [3.8, 4) is 0 Å². The number of pyridine rings is 1. The van der Waals surface area contributed by atoms with Gasteiger partial charge in [-0.3, -0.25) is 9.78 Å². The molecule has 1 rings (SSSR count). The molecule has 58 valence electrons. The molecule has 1 heterocycles. The molecule has 0 aliphatic heterocycles. The van der Waals surface area contributed by atoms with E-state index in [-0.39, 0.29) is 14.8 Å². The third-order valence-electron chi connectivity index (χ3n) is 1.10. The van der Waals surface area contributed by atoms with Crippen molar-refractivity contribution in [3.63, 3.8) is 0 Å². The lowest BCUT2D eigenvalue weighted by molar-refractivity contribution is -0.136. The predicted molar refractivity (Wildman–Crippen MR) is 45.5 cm³/mol. The van der Waals surface area contributed by atoms with Gasteiger partial charge in [0, 0.05) is 12.4 Å². The summed E-state index contributed by atoms with van der Waals surface area (Å²) in [6.45, 7) is 0. The van der Waals surface area contributed by atoms with Crippen LogP contribution in [0.5, 0.6) is 0 Å². The molecule has 0 radical (unpaired) electrons. The summed E-state index contributed by atoms with van der Waals surface area (Å²) in [5.74, 6) is -0.814. The van der Waals surface area contributed by atoms with Gasteiger partial charge >= 0.3 is 5.97 Å². The van der Waals surface area contributed by atoms with Crippen LogP contribution in [0.1, 0.15) is 5.56 Å². The maximum absolute atomic E-state index is 10.1. The lowest BCUT2D eigenvalue weighted by atomic mass is 10.2. The number of aromatic nitrogens is 1. The molecule has 3 nitrogen and oxygen atoms in total. The van der Waals surface area contributed by atoms with Crippen LogP contribution in [-0.4, -0.2) is 24.5 Å². The molecular weight excluding hydrogens is 141 g/mol. The average Bonchev–Trinajstić information content (AvgIpc) is 1.88. The van der Waals surface area contributed by atoms with Crippen molar-refractivity contribution in [1.82, 2.24) is 4.98 Å². The summed E-state index contributed by atoms with van der Waals surface area (Å²) in [5.41, 5.74) is 0.780. The van der Waals surface area contributed by atoms with E-state index in [1.165, 1.54) is 0 Å². The van der Waals surface area contributed by atoms with Gasteiger partial charge in [0.05, 0.1) is 14.8 Å². The summed E-state index contributed by atoms with van der Waals surface area (Å²) in [6.07, 6.45) is 3.24.